The van der Waals surface area contributed by atoms with Gasteiger partial charge in [0.1, 0.15) is 11.9 Å². The van der Waals surface area contributed by atoms with E-state index in [9.17, 15) is 0 Å². The van der Waals surface area contributed by atoms with Crippen LogP contribution in [0.1, 0.15) is 26.3 Å². The van der Waals surface area contributed by atoms with Crippen molar-refractivity contribution in [1.82, 2.24) is 0 Å². The predicted octanol–water partition coefficient (Wildman–Crippen LogP) is 4.17. The van der Waals surface area contributed by atoms with Gasteiger partial charge in [-0.1, -0.05) is 30.3 Å². The largest absolute Gasteiger partial charge is 0.344 e. The van der Waals surface area contributed by atoms with Gasteiger partial charge in [-0.2, -0.15) is 4.89 Å². The Bertz CT molecular complexity index is 325. The Morgan fingerprint density at radius 1 is 1.20 bits per heavy atom. The van der Waals surface area contributed by atoms with Crippen LogP contribution in [0.3, 0.4) is 0 Å². The van der Waals surface area contributed by atoms with Gasteiger partial charge in [0.2, 0.25) is 0 Å². The van der Waals surface area contributed by atoms with Gasteiger partial charge in [-0.05, 0) is 48.9 Å². The lowest BCUT2D eigenvalue weighted by Gasteiger charge is -2.15. The smallest absolute Gasteiger partial charge is 0.143 e. The van der Waals surface area contributed by atoms with Gasteiger partial charge in [0, 0.05) is 0 Å². The maximum atomic E-state index is 5.14. The highest BCUT2D eigenvalue weighted by Gasteiger charge is 2.11. The van der Waals surface area contributed by atoms with E-state index in [-0.39, 0.29) is 5.60 Å². The Kier molecular flexibility index (Phi) is 4.60. The standard InChI is InChI=1S/C12H15IO2/c1-12(2,3)15-14-9-11(13)10-7-5-4-6-8-10/h4-9H,1-3H3. The molecule has 0 aromatic heterocycles. The highest BCUT2D eigenvalue weighted by atomic mass is 127. The zero-order valence-corrected chi connectivity index (χ0v) is 11.3. The molecule has 0 spiro atoms. The molecular weight excluding hydrogens is 303 g/mol. The zero-order chi connectivity index (χ0) is 11.3. The molecule has 0 N–H and O–H groups in total. The van der Waals surface area contributed by atoms with Crippen LogP contribution < -0.4 is 0 Å². The maximum absolute atomic E-state index is 5.14. The van der Waals surface area contributed by atoms with Gasteiger partial charge < -0.3 is 4.89 Å². The van der Waals surface area contributed by atoms with Gasteiger partial charge in [0.25, 0.3) is 0 Å². The minimum absolute atomic E-state index is 0.288. The first kappa shape index (κ1) is 12.5. The molecule has 0 radical (unpaired) electrons. The molecule has 0 heterocycles. The van der Waals surface area contributed by atoms with Crippen molar-refractivity contribution in [3.63, 3.8) is 0 Å². The summed E-state index contributed by atoms with van der Waals surface area (Å²) in [7, 11) is 0. The second-order valence-corrected chi connectivity index (χ2v) is 5.29. The van der Waals surface area contributed by atoms with E-state index in [2.05, 4.69) is 22.6 Å². The summed E-state index contributed by atoms with van der Waals surface area (Å²) in [5, 5.41) is 0. The average Bonchev–Trinajstić information content (AvgIpc) is 2.17. The molecule has 82 valence electrons. The van der Waals surface area contributed by atoms with Crippen molar-refractivity contribution in [2.45, 2.75) is 26.4 Å². The van der Waals surface area contributed by atoms with Crippen molar-refractivity contribution in [2.24, 2.45) is 0 Å². The Balaban J connectivity index is 2.54. The van der Waals surface area contributed by atoms with Gasteiger partial charge in [0.15, 0.2) is 0 Å². The number of halogens is 1. The lowest BCUT2D eigenvalue weighted by Crippen LogP contribution is -2.17. The quantitative estimate of drug-likeness (QED) is 0.360. The lowest BCUT2D eigenvalue weighted by atomic mass is 10.2. The third-order valence-corrected chi connectivity index (χ3v) is 2.38. The Hall–Kier alpha value is -0.550. The predicted molar refractivity (Wildman–Crippen MR) is 70.4 cm³/mol. The molecule has 0 aliphatic rings. The molecule has 1 rings (SSSR count). The van der Waals surface area contributed by atoms with E-state index >= 15 is 0 Å². The second-order valence-electron chi connectivity index (χ2n) is 4.12. The summed E-state index contributed by atoms with van der Waals surface area (Å²) in [5.41, 5.74) is 0.833. The minimum Gasteiger partial charge on any atom is -0.344 e. The fourth-order valence-corrected chi connectivity index (χ4v) is 1.34. The van der Waals surface area contributed by atoms with Crippen molar-refractivity contribution < 1.29 is 9.78 Å². The Morgan fingerprint density at radius 2 is 1.80 bits per heavy atom. The summed E-state index contributed by atoms with van der Waals surface area (Å²) in [5.74, 6) is 0. The molecule has 0 saturated heterocycles. The van der Waals surface area contributed by atoms with Crippen LogP contribution in [0.5, 0.6) is 0 Å². The molecule has 3 heteroatoms. The molecule has 15 heavy (non-hydrogen) atoms. The van der Waals surface area contributed by atoms with Crippen molar-refractivity contribution in [1.29, 1.82) is 0 Å². The van der Waals surface area contributed by atoms with Gasteiger partial charge in [-0.3, -0.25) is 0 Å². The van der Waals surface area contributed by atoms with Crippen LogP contribution in [0.2, 0.25) is 0 Å². The van der Waals surface area contributed by atoms with E-state index in [0.29, 0.717) is 0 Å². The minimum atomic E-state index is -0.288. The molecule has 0 atom stereocenters. The van der Waals surface area contributed by atoms with E-state index in [1.165, 1.54) is 0 Å². The monoisotopic (exact) mass is 318 g/mol. The van der Waals surface area contributed by atoms with Crippen LogP contribution in [-0.2, 0) is 9.78 Å². The van der Waals surface area contributed by atoms with Gasteiger partial charge in [-0.15, -0.1) is 0 Å². The van der Waals surface area contributed by atoms with Crippen molar-refractivity contribution >= 4 is 26.2 Å². The van der Waals surface area contributed by atoms with Gasteiger partial charge in [0.05, 0.1) is 3.58 Å². The van der Waals surface area contributed by atoms with Crippen LogP contribution in [0.15, 0.2) is 36.6 Å². The third kappa shape index (κ3) is 5.18. The molecule has 0 aliphatic heterocycles. The molecule has 1 aromatic rings. The zero-order valence-electron chi connectivity index (χ0n) is 9.16. The lowest BCUT2D eigenvalue weighted by molar-refractivity contribution is -0.309. The average molecular weight is 318 g/mol. The molecule has 0 aliphatic carbocycles. The number of hydrogen-bond donors (Lipinski definition) is 0. The highest BCUT2D eigenvalue weighted by molar-refractivity contribution is 14.1. The number of rotatable bonds is 3. The Labute approximate surface area is 104 Å². The SMILES string of the molecule is CC(C)(C)OOC=C(I)c1ccccc1. The molecule has 0 saturated carbocycles. The molecular formula is C12H15IO2. The summed E-state index contributed by atoms with van der Waals surface area (Å²) in [6.45, 7) is 5.82. The van der Waals surface area contributed by atoms with Crippen LogP contribution in [0.25, 0.3) is 3.58 Å². The summed E-state index contributed by atoms with van der Waals surface area (Å²) in [4.78, 5) is 10.2. The normalized spacial score (nSPS) is 12.7. The van der Waals surface area contributed by atoms with Crippen LogP contribution in [-0.4, -0.2) is 5.60 Å². The van der Waals surface area contributed by atoms with E-state index in [1.807, 2.05) is 51.1 Å². The van der Waals surface area contributed by atoms with Crippen molar-refractivity contribution in [2.75, 3.05) is 0 Å². The summed E-state index contributed by atoms with van der Waals surface area (Å²) < 4.78 is 1.01. The molecule has 0 unspecified atom stereocenters. The highest BCUT2D eigenvalue weighted by Crippen LogP contribution is 2.21. The molecule has 1 aromatic carbocycles. The first-order valence-corrected chi connectivity index (χ1v) is 5.82. The molecule has 0 amide bonds. The van der Waals surface area contributed by atoms with Crippen LogP contribution >= 0.6 is 22.6 Å². The van der Waals surface area contributed by atoms with Crippen LogP contribution in [0.4, 0.5) is 0 Å². The number of hydrogen-bond acceptors (Lipinski definition) is 2. The van der Waals surface area contributed by atoms with E-state index in [0.717, 1.165) is 9.14 Å². The van der Waals surface area contributed by atoms with E-state index < -0.39 is 0 Å². The fraction of sp³-hybridized carbons (Fsp3) is 0.333. The Morgan fingerprint density at radius 3 is 2.33 bits per heavy atom. The first-order valence-electron chi connectivity index (χ1n) is 4.74. The van der Waals surface area contributed by atoms with E-state index in [4.69, 9.17) is 9.78 Å². The van der Waals surface area contributed by atoms with E-state index in [1.54, 1.807) is 6.26 Å². The molecule has 0 bridgehead atoms. The summed E-state index contributed by atoms with van der Waals surface area (Å²) >= 11 is 2.22. The molecule has 2 nitrogen and oxygen atoms in total. The number of benzene rings is 1. The summed E-state index contributed by atoms with van der Waals surface area (Å²) in [6, 6.07) is 10.0. The van der Waals surface area contributed by atoms with Gasteiger partial charge in [-0.25, -0.2) is 0 Å². The third-order valence-electron chi connectivity index (χ3n) is 1.50. The van der Waals surface area contributed by atoms with Gasteiger partial charge >= 0.3 is 0 Å². The van der Waals surface area contributed by atoms with Crippen LogP contribution in [0, 0.1) is 0 Å². The first-order chi connectivity index (χ1) is 6.99. The molecule has 0 fully saturated rings. The van der Waals surface area contributed by atoms with Crippen molar-refractivity contribution in [3.05, 3.63) is 42.2 Å². The maximum Gasteiger partial charge on any atom is 0.143 e. The fourth-order valence-electron chi connectivity index (χ4n) is 0.876. The topological polar surface area (TPSA) is 18.5 Å². The summed E-state index contributed by atoms with van der Waals surface area (Å²) in [6.07, 6.45) is 1.61. The van der Waals surface area contributed by atoms with Crippen molar-refractivity contribution in [3.8, 4) is 0 Å². The second kappa shape index (κ2) is 5.51.